The fraction of sp³-hybridized carbons (Fsp3) is 0.125. The molecule has 1 aliphatic heterocycles. The Kier molecular flexibility index (Phi) is 2.86. The number of aryl methyl sites for hydroxylation is 1. The highest BCUT2D eigenvalue weighted by Gasteiger charge is 2.23. The van der Waals surface area contributed by atoms with Crippen molar-refractivity contribution in [2.75, 3.05) is 5.32 Å². The van der Waals surface area contributed by atoms with E-state index in [1.54, 1.807) is 17.7 Å². The van der Waals surface area contributed by atoms with Crippen molar-refractivity contribution in [1.82, 2.24) is 14.8 Å². The Morgan fingerprint density at radius 3 is 2.81 bits per heavy atom. The molecule has 1 aromatic carbocycles. The number of rotatable bonds is 2. The highest BCUT2D eigenvalue weighted by molar-refractivity contribution is 7.10. The molecule has 0 fully saturated rings. The highest BCUT2D eigenvalue weighted by Crippen LogP contribution is 2.33. The molecule has 0 aliphatic carbocycles. The molecule has 1 N–H and O–H groups in total. The molecule has 0 amide bonds. The Bertz CT molecular complexity index is 784. The van der Waals surface area contributed by atoms with E-state index in [4.69, 9.17) is 0 Å². The molecule has 4 rings (SSSR count). The summed E-state index contributed by atoms with van der Waals surface area (Å²) >= 11 is 1.74. The van der Waals surface area contributed by atoms with Crippen LogP contribution in [0.5, 0.6) is 0 Å². The van der Waals surface area contributed by atoms with Gasteiger partial charge in [-0.1, -0.05) is 35.9 Å². The average molecular weight is 294 g/mol. The summed E-state index contributed by atoms with van der Waals surface area (Å²) in [7, 11) is 0. The van der Waals surface area contributed by atoms with Crippen LogP contribution in [0.15, 0.2) is 54.2 Å². The molecule has 2 aromatic heterocycles. The van der Waals surface area contributed by atoms with Crippen molar-refractivity contribution in [3.8, 4) is 0 Å². The van der Waals surface area contributed by atoms with E-state index in [0.717, 1.165) is 17.2 Å². The molecule has 3 heterocycles. The number of benzene rings is 1. The minimum absolute atomic E-state index is 0.0973. The van der Waals surface area contributed by atoms with E-state index in [1.165, 1.54) is 10.4 Å². The fourth-order valence-electron chi connectivity index (χ4n) is 2.50. The molecule has 1 aliphatic rings. The Morgan fingerprint density at radius 2 is 2.05 bits per heavy atom. The van der Waals surface area contributed by atoms with E-state index >= 15 is 0 Å². The van der Waals surface area contributed by atoms with Crippen LogP contribution in [0.4, 0.5) is 5.95 Å². The average Bonchev–Trinajstić information content (AvgIpc) is 3.18. The predicted octanol–water partition coefficient (Wildman–Crippen LogP) is 3.70. The van der Waals surface area contributed by atoms with E-state index < -0.39 is 0 Å². The van der Waals surface area contributed by atoms with Crippen molar-refractivity contribution in [1.29, 1.82) is 0 Å². The van der Waals surface area contributed by atoms with Crippen LogP contribution in [0.2, 0.25) is 0 Å². The third-order valence-electron chi connectivity index (χ3n) is 3.60. The summed E-state index contributed by atoms with van der Waals surface area (Å²) in [4.78, 5) is 5.57. The Hall–Kier alpha value is -2.40. The molecule has 1 atom stereocenters. The SMILES string of the molecule is Cc1ccc(C2=CC(c3cccs3)n3ncnc3N2)cc1. The molecule has 0 saturated heterocycles. The second-order valence-corrected chi connectivity index (χ2v) is 6.04. The normalized spacial score (nSPS) is 17.0. The number of nitrogens with zero attached hydrogens (tertiary/aromatic N) is 3. The van der Waals surface area contributed by atoms with Gasteiger partial charge in [0.1, 0.15) is 12.4 Å². The largest absolute Gasteiger partial charge is 0.324 e. The molecule has 4 nitrogen and oxygen atoms in total. The minimum Gasteiger partial charge on any atom is -0.324 e. The number of aromatic nitrogens is 3. The lowest BCUT2D eigenvalue weighted by molar-refractivity contribution is 0.620. The quantitative estimate of drug-likeness (QED) is 0.783. The van der Waals surface area contributed by atoms with Gasteiger partial charge >= 0.3 is 0 Å². The van der Waals surface area contributed by atoms with Gasteiger partial charge < -0.3 is 5.32 Å². The first-order valence-electron chi connectivity index (χ1n) is 6.80. The van der Waals surface area contributed by atoms with Gasteiger partial charge in [0.05, 0.1) is 0 Å². The van der Waals surface area contributed by atoms with Crippen LogP contribution >= 0.6 is 11.3 Å². The van der Waals surface area contributed by atoms with Crippen LogP contribution in [0.3, 0.4) is 0 Å². The number of nitrogens with one attached hydrogen (secondary N) is 1. The maximum absolute atomic E-state index is 4.34. The van der Waals surface area contributed by atoms with Gasteiger partial charge in [0.15, 0.2) is 0 Å². The topological polar surface area (TPSA) is 42.7 Å². The van der Waals surface area contributed by atoms with Crippen LogP contribution in [0.25, 0.3) is 5.70 Å². The number of allylic oxidation sites excluding steroid dienone is 1. The Labute approximate surface area is 126 Å². The van der Waals surface area contributed by atoms with Gasteiger partial charge in [0.2, 0.25) is 5.95 Å². The molecule has 0 bridgehead atoms. The Morgan fingerprint density at radius 1 is 1.19 bits per heavy atom. The van der Waals surface area contributed by atoms with Gasteiger partial charge in [-0.2, -0.15) is 10.1 Å². The van der Waals surface area contributed by atoms with E-state index in [0.29, 0.717) is 0 Å². The van der Waals surface area contributed by atoms with Crippen LogP contribution in [-0.2, 0) is 0 Å². The third-order valence-corrected chi connectivity index (χ3v) is 4.55. The van der Waals surface area contributed by atoms with Crippen LogP contribution in [0, 0.1) is 6.92 Å². The third kappa shape index (κ3) is 2.15. The monoisotopic (exact) mass is 294 g/mol. The zero-order valence-electron chi connectivity index (χ0n) is 11.5. The second-order valence-electron chi connectivity index (χ2n) is 5.06. The molecule has 1 unspecified atom stereocenters. The van der Waals surface area contributed by atoms with Gasteiger partial charge in [-0.3, -0.25) is 0 Å². The summed E-state index contributed by atoms with van der Waals surface area (Å²) in [5.74, 6) is 0.784. The lowest BCUT2D eigenvalue weighted by Gasteiger charge is -2.23. The lowest BCUT2D eigenvalue weighted by Crippen LogP contribution is -2.19. The number of fused-ring (bicyclic) bond motifs is 1. The highest BCUT2D eigenvalue weighted by atomic mass is 32.1. The van der Waals surface area contributed by atoms with Crippen molar-refractivity contribution in [2.24, 2.45) is 0 Å². The molecule has 5 heteroatoms. The summed E-state index contributed by atoms with van der Waals surface area (Å²) in [5.41, 5.74) is 3.50. The van der Waals surface area contributed by atoms with Crippen molar-refractivity contribution >= 4 is 23.0 Å². The predicted molar refractivity (Wildman–Crippen MR) is 85.3 cm³/mol. The number of hydrogen-bond donors (Lipinski definition) is 1. The van der Waals surface area contributed by atoms with Gasteiger partial charge in [-0.05, 0) is 30.0 Å². The second kappa shape index (κ2) is 4.86. The van der Waals surface area contributed by atoms with Crippen molar-refractivity contribution < 1.29 is 0 Å². The minimum atomic E-state index is 0.0973. The summed E-state index contributed by atoms with van der Waals surface area (Å²) < 4.78 is 1.92. The number of thiophene rings is 1. The summed E-state index contributed by atoms with van der Waals surface area (Å²) in [6, 6.07) is 12.8. The molecule has 0 saturated carbocycles. The number of anilines is 1. The van der Waals surface area contributed by atoms with Gasteiger partial charge in [-0.15, -0.1) is 11.3 Å². The van der Waals surface area contributed by atoms with Crippen molar-refractivity contribution in [2.45, 2.75) is 13.0 Å². The Balaban J connectivity index is 1.80. The maximum atomic E-state index is 4.34. The smallest absolute Gasteiger partial charge is 0.226 e. The van der Waals surface area contributed by atoms with Crippen LogP contribution in [-0.4, -0.2) is 14.8 Å². The molecule has 104 valence electrons. The summed E-state index contributed by atoms with van der Waals surface area (Å²) in [6.45, 7) is 2.09. The van der Waals surface area contributed by atoms with Crippen LogP contribution in [0.1, 0.15) is 22.0 Å². The zero-order valence-corrected chi connectivity index (χ0v) is 12.3. The molecule has 3 aromatic rings. The van der Waals surface area contributed by atoms with Crippen molar-refractivity contribution in [3.63, 3.8) is 0 Å². The van der Waals surface area contributed by atoms with Crippen LogP contribution < -0.4 is 5.32 Å². The van der Waals surface area contributed by atoms with E-state index in [2.05, 4.69) is 70.2 Å². The first-order valence-corrected chi connectivity index (χ1v) is 7.68. The van der Waals surface area contributed by atoms with Gasteiger partial charge in [0, 0.05) is 10.6 Å². The van der Waals surface area contributed by atoms with E-state index in [1.807, 2.05) is 4.68 Å². The van der Waals surface area contributed by atoms with Gasteiger partial charge in [-0.25, -0.2) is 4.68 Å². The maximum Gasteiger partial charge on any atom is 0.226 e. The number of hydrogen-bond acceptors (Lipinski definition) is 4. The molecule has 21 heavy (non-hydrogen) atoms. The fourth-order valence-corrected chi connectivity index (χ4v) is 3.28. The first-order chi connectivity index (χ1) is 10.3. The lowest BCUT2D eigenvalue weighted by atomic mass is 10.1. The molecule has 0 radical (unpaired) electrons. The zero-order chi connectivity index (χ0) is 14.2. The summed E-state index contributed by atoms with van der Waals surface area (Å²) in [5, 5.41) is 9.79. The standard InChI is InChI=1S/C16H14N4S/c1-11-4-6-12(7-5-11)13-9-14(15-3-2-8-21-15)20-16(19-13)17-10-18-20/h2-10,14H,1H3,(H,17,18,19). The van der Waals surface area contributed by atoms with E-state index in [-0.39, 0.29) is 6.04 Å². The van der Waals surface area contributed by atoms with Crippen molar-refractivity contribution in [3.05, 3.63) is 70.2 Å². The molecular formula is C16H14N4S. The van der Waals surface area contributed by atoms with E-state index in [9.17, 15) is 0 Å². The van der Waals surface area contributed by atoms with Gasteiger partial charge in [0.25, 0.3) is 0 Å². The summed E-state index contributed by atoms with van der Waals surface area (Å²) in [6.07, 6.45) is 3.80. The molecule has 0 spiro atoms. The molecular weight excluding hydrogens is 280 g/mol. The first kappa shape index (κ1) is 12.3.